The molecule has 0 bridgehead atoms. The van der Waals surface area contributed by atoms with Crippen molar-refractivity contribution in [3.63, 3.8) is 0 Å². The number of hydrogen-bond acceptors (Lipinski definition) is 4. The number of esters is 1. The smallest absolute Gasteiger partial charge is 0.347 e. The van der Waals surface area contributed by atoms with Crippen LogP contribution in [0.2, 0.25) is 0 Å². The van der Waals surface area contributed by atoms with Crippen LogP contribution in [0.25, 0.3) is 0 Å². The molecule has 1 aromatic rings. The molecule has 2 rings (SSSR count). The summed E-state index contributed by atoms with van der Waals surface area (Å²) in [5.41, 5.74) is 2.28. The van der Waals surface area contributed by atoms with Gasteiger partial charge >= 0.3 is 5.97 Å². The van der Waals surface area contributed by atoms with Gasteiger partial charge in [-0.3, -0.25) is 0 Å². The topological polar surface area (TPSA) is 47.6 Å². The van der Waals surface area contributed by atoms with Gasteiger partial charge in [-0.2, -0.15) is 0 Å². The Morgan fingerprint density at radius 2 is 2.26 bits per heavy atom. The summed E-state index contributed by atoms with van der Waals surface area (Å²) in [6.45, 7) is 5.05. The minimum Gasteiger partial charge on any atom is -0.477 e. The zero-order chi connectivity index (χ0) is 13.7. The quantitative estimate of drug-likeness (QED) is 0.830. The number of aryl methyl sites for hydroxylation is 1. The molecule has 1 aromatic carbocycles. The van der Waals surface area contributed by atoms with Crippen molar-refractivity contribution in [3.05, 3.63) is 23.8 Å². The second kappa shape index (κ2) is 6.45. The average molecular weight is 263 g/mol. The van der Waals surface area contributed by atoms with E-state index < -0.39 is 6.10 Å². The van der Waals surface area contributed by atoms with Gasteiger partial charge in [-0.05, 0) is 37.8 Å². The van der Waals surface area contributed by atoms with Crippen molar-refractivity contribution in [2.75, 3.05) is 18.5 Å². The summed E-state index contributed by atoms with van der Waals surface area (Å²) in [6.07, 6.45) is 2.25. The van der Waals surface area contributed by atoms with Crippen LogP contribution in [0.4, 0.5) is 5.69 Å². The summed E-state index contributed by atoms with van der Waals surface area (Å²) >= 11 is 0. The maximum absolute atomic E-state index is 11.8. The number of rotatable bonds is 5. The molecule has 4 heteroatoms. The van der Waals surface area contributed by atoms with Crippen molar-refractivity contribution in [2.45, 2.75) is 39.2 Å². The van der Waals surface area contributed by atoms with Crippen LogP contribution in [0.1, 0.15) is 32.3 Å². The predicted molar refractivity (Wildman–Crippen MR) is 74.6 cm³/mol. The Morgan fingerprint density at radius 1 is 1.42 bits per heavy atom. The highest BCUT2D eigenvalue weighted by Crippen LogP contribution is 2.33. The van der Waals surface area contributed by atoms with Crippen LogP contribution in [0.3, 0.4) is 0 Å². The molecule has 19 heavy (non-hydrogen) atoms. The van der Waals surface area contributed by atoms with Crippen molar-refractivity contribution < 1.29 is 14.3 Å². The van der Waals surface area contributed by atoms with Crippen LogP contribution >= 0.6 is 0 Å². The number of anilines is 1. The van der Waals surface area contributed by atoms with E-state index in [-0.39, 0.29) is 5.97 Å². The summed E-state index contributed by atoms with van der Waals surface area (Å²) in [6, 6.07) is 5.97. The van der Waals surface area contributed by atoms with E-state index in [4.69, 9.17) is 9.47 Å². The lowest BCUT2D eigenvalue weighted by Crippen LogP contribution is -2.29. The van der Waals surface area contributed by atoms with Crippen LogP contribution in [0.5, 0.6) is 5.75 Å². The summed E-state index contributed by atoms with van der Waals surface area (Å²) in [4.78, 5) is 11.8. The van der Waals surface area contributed by atoms with Crippen molar-refractivity contribution in [3.8, 4) is 5.75 Å². The van der Waals surface area contributed by atoms with Gasteiger partial charge in [0.2, 0.25) is 0 Å². The molecule has 0 aromatic heterocycles. The molecule has 104 valence electrons. The number of hydrogen-bond donors (Lipinski definition) is 1. The largest absolute Gasteiger partial charge is 0.477 e. The van der Waals surface area contributed by atoms with Gasteiger partial charge in [-0.15, -0.1) is 0 Å². The fourth-order valence-corrected chi connectivity index (χ4v) is 2.26. The molecule has 0 saturated carbocycles. The SMILES string of the molecule is CCOC(=O)C(CC)Oc1cccc2c1NCCC2. The van der Waals surface area contributed by atoms with Gasteiger partial charge in [-0.1, -0.05) is 19.1 Å². The molecule has 0 radical (unpaired) electrons. The van der Waals surface area contributed by atoms with Gasteiger partial charge in [0.05, 0.1) is 12.3 Å². The van der Waals surface area contributed by atoms with Crippen LogP contribution in [0.15, 0.2) is 18.2 Å². The molecule has 0 fully saturated rings. The Kier molecular flexibility index (Phi) is 4.66. The molecule has 0 amide bonds. The number of carbonyl (C=O) groups excluding carboxylic acids is 1. The Hall–Kier alpha value is -1.71. The van der Waals surface area contributed by atoms with Gasteiger partial charge in [0.15, 0.2) is 6.10 Å². The van der Waals surface area contributed by atoms with E-state index >= 15 is 0 Å². The molecule has 1 unspecified atom stereocenters. The lowest BCUT2D eigenvalue weighted by atomic mass is 10.0. The standard InChI is InChI=1S/C15H21NO3/c1-3-12(15(17)18-4-2)19-13-9-5-7-11-8-6-10-16-14(11)13/h5,7,9,12,16H,3-4,6,8,10H2,1-2H3. The summed E-state index contributed by atoms with van der Waals surface area (Å²) in [5, 5.41) is 3.35. The fourth-order valence-electron chi connectivity index (χ4n) is 2.26. The summed E-state index contributed by atoms with van der Waals surface area (Å²) in [7, 11) is 0. The van der Waals surface area contributed by atoms with Gasteiger partial charge in [0.1, 0.15) is 5.75 Å². The van der Waals surface area contributed by atoms with Gasteiger partial charge in [0.25, 0.3) is 0 Å². The Bertz CT molecular complexity index is 445. The minimum atomic E-state index is -0.532. The zero-order valence-corrected chi connectivity index (χ0v) is 11.6. The van der Waals surface area contributed by atoms with E-state index in [0.29, 0.717) is 13.0 Å². The van der Waals surface area contributed by atoms with Gasteiger partial charge in [0, 0.05) is 6.54 Å². The predicted octanol–water partition coefficient (Wildman–Crippen LogP) is 2.77. The first-order valence-electron chi connectivity index (χ1n) is 6.95. The van der Waals surface area contributed by atoms with E-state index in [2.05, 4.69) is 11.4 Å². The summed E-state index contributed by atoms with van der Waals surface area (Å²) in [5.74, 6) is 0.454. The molecule has 1 atom stereocenters. The summed E-state index contributed by atoms with van der Waals surface area (Å²) < 4.78 is 10.9. The van der Waals surface area contributed by atoms with Crippen LogP contribution in [-0.4, -0.2) is 25.2 Å². The van der Waals surface area contributed by atoms with Crippen molar-refractivity contribution in [1.29, 1.82) is 0 Å². The molecule has 1 N–H and O–H groups in total. The number of fused-ring (bicyclic) bond motifs is 1. The highest BCUT2D eigenvalue weighted by atomic mass is 16.6. The first-order valence-corrected chi connectivity index (χ1v) is 6.95. The van der Waals surface area contributed by atoms with Crippen molar-refractivity contribution >= 4 is 11.7 Å². The Morgan fingerprint density at radius 3 is 3.00 bits per heavy atom. The second-order valence-corrected chi connectivity index (χ2v) is 4.59. The zero-order valence-electron chi connectivity index (χ0n) is 11.6. The highest BCUT2D eigenvalue weighted by molar-refractivity contribution is 5.75. The lowest BCUT2D eigenvalue weighted by molar-refractivity contribution is -0.151. The molecule has 4 nitrogen and oxygen atoms in total. The lowest BCUT2D eigenvalue weighted by Gasteiger charge is -2.23. The monoisotopic (exact) mass is 263 g/mol. The normalized spacial score (nSPS) is 15.1. The maximum atomic E-state index is 11.8. The maximum Gasteiger partial charge on any atom is 0.347 e. The van der Waals surface area contributed by atoms with E-state index in [9.17, 15) is 4.79 Å². The highest BCUT2D eigenvalue weighted by Gasteiger charge is 2.22. The van der Waals surface area contributed by atoms with Crippen molar-refractivity contribution in [1.82, 2.24) is 0 Å². The Labute approximate surface area is 114 Å². The van der Waals surface area contributed by atoms with E-state index in [0.717, 1.165) is 30.8 Å². The van der Waals surface area contributed by atoms with E-state index in [1.54, 1.807) is 6.92 Å². The molecule has 1 aliphatic heterocycles. The molecule has 0 aliphatic carbocycles. The molecule has 0 saturated heterocycles. The molecule has 1 heterocycles. The molecule has 0 spiro atoms. The van der Waals surface area contributed by atoms with Crippen LogP contribution in [-0.2, 0) is 16.0 Å². The number of ether oxygens (including phenoxy) is 2. The van der Waals surface area contributed by atoms with Gasteiger partial charge in [-0.25, -0.2) is 4.79 Å². The number of para-hydroxylation sites is 1. The van der Waals surface area contributed by atoms with Crippen molar-refractivity contribution in [2.24, 2.45) is 0 Å². The molecular weight excluding hydrogens is 242 g/mol. The first kappa shape index (κ1) is 13.7. The fraction of sp³-hybridized carbons (Fsp3) is 0.533. The third kappa shape index (κ3) is 3.19. The third-order valence-corrected chi connectivity index (χ3v) is 3.23. The van der Waals surface area contributed by atoms with E-state index in [1.165, 1.54) is 5.56 Å². The third-order valence-electron chi connectivity index (χ3n) is 3.23. The Balaban J connectivity index is 2.15. The number of benzene rings is 1. The molecule has 1 aliphatic rings. The van der Waals surface area contributed by atoms with Crippen LogP contribution < -0.4 is 10.1 Å². The van der Waals surface area contributed by atoms with Gasteiger partial charge < -0.3 is 14.8 Å². The average Bonchev–Trinajstić information content (AvgIpc) is 2.45. The number of nitrogens with one attached hydrogen (secondary N) is 1. The molecular formula is C15H21NO3. The second-order valence-electron chi connectivity index (χ2n) is 4.59. The first-order chi connectivity index (χ1) is 9.26. The van der Waals surface area contributed by atoms with Crippen LogP contribution in [0, 0.1) is 0 Å². The minimum absolute atomic E-state index is 0.293. The van der Waals surface area contributed by atoms with E-state index in [1.807, 2.05) is 19.1 Å². The number of carbonyl (C=O) groups is 1.